The van der Waals surface area contributed by atoms with Crippen molar-refractivity contribution in [2.45, 2.75) is 32.9 Å². The molecule has 0 heterocycles. The van der Waals surface area contributed by atoms with Crippen LogP contribution in [0.15, 0.2) is 48.5 Å². The quantitative estimate of drug-likeness (QED) is 0.741. The Bertz CT molecular complexity index is 749. The monoisotopic (exact) mass is 341 g/mol. The summed E-state index contributed by atoms with van der Waals surface area (Å²) in [6, 6.07) is 14.1. The molecule has 0 radical (unpaired) electrons. The fourth-order valence-electron chi connectivity index (χ4n) is 2.10. The number of carbonyl (C=O) groups is 2. The van der Waals surface area contributed by atoms with Gasteiger partial charge in [0.15, 0.2) is 0 Å². The van der Waals surface area contributed by atoms with Gasteiger partial charge in [0.25, 0.3) is 5.91 Å². The number of nitrogens with two attached hydrogens (primary N) is 1. The molecule has 132 valence electrons. The van der Waals surface area contributed by atoms with E-state index in [0.29, 0.717) is 23.5 Å². The summed E-state index contributed by atoms with van der Waals surface area (Å²) in [7, 11) is 0. The summed E-state index contributed by atoms with van der Waals surface area (Å²) in [6.07, 6.45) is -0.468. The summed E-state index contributed by atoms with van der Waals surface area (Å²) in [4.78, 5) is 23.8. The van der Waals surface area contributed by atoms with Gasteiger partial charge in [-0.05, 0) is 50.6 Å². The van der Waals surface area contributed by atoms with Crippen molar-refractivity contribution in [1.82, 2.24) is 5.32 Å². The average Bonchev–Trinajstić information content (AvgIpc) is 2.53. The Labute approximate surface area is 147 Å². The Kier molecular flexibility index (Phi) is 5.64. The van der Waals surface area contributed by atoms with E-state index in [0.717, 1.165) is 5.56 Å². The Morgan fingerprint density at radius 1 is 1.04 bits per heavy atom. The van der Waals surface area contributed by atoms with Crippen LogP contribution in [0.4, 0.5) is 16.2 Å². The first-order valence-electron chi connectivity index (χ1n) is 7.96. The van der Waals surface area contributed by atoms with Gasteiger partial charge in [-0.1, -0.05) is 24.3 Å². The van der Waals surface area contributed by atoms with E-state index in [1.165, 1.54) is 0 Å². The molecule has 0 aliphatic carbocycles. The van der Waals surface area contributed by atoms with Crippen LogP contribution in [0.25, 0.3) is 0 Å². The standard InChI is InChI=1S/C19H23N3O3/c1-19(2,3)25-18(24)21-12-13-8-10-14(11-9-13)22-17(23)15-6-4-5-7-16(15)20/h4-11H,12,20H2,1-3H3,(H,21,24)(H,22,23). The zero-order valence-electron chi connectivity index (χ0n) is 14.6. The minimum absolute atomic E-state index is 0.266. The van der Waals surface area contributed by atoms with Crippen molar-refractivity contribution in [2.24, 2.45) is 0 Å². The highest BCUT2D eigenvalue weighted by atomic mass is 16.6. The number of hydrogen-bond acceptors (Lipinski definition) is 4. The highest BCUT2D eigenvalue weighted by Gasteiger charge is 2.15. The van der Waals surface area contributed by atoms with Crippen LogP contribution < -0.4 is 16.4 Å². The lowest BCUT2D eigenvalue weighted by Crippen LogP contribution is -2.32. The molecule has 0 aliphatic rings. The predicted molar refractivity (Wildman–Crippen MR) is 98.3 cm³/mol. The van der Waals surface area contributed by atoms with Crippen LogP contribution in [-0.4, -0.2) is 17.6 Å². The zero-order chi connectivity index (χ0) is 18.4. The van der Waals surface area contributed by atoms with Crippen molar-refractivity contribution in [3.8, 4) is 0 Å². The molecule has 0 saturated heterocycles. The van der Waals surface area contributed by atoms with Crippen LogP contribution >= 0.6 is 0 Å². The van der Waals surface area contributed by atoms with Crippen LogP contribution in [0.5, 0.6) is 0 Å². The van der Waals surface area contributed by atoms with Gasteiger partial charge < -0.3 is 21.1 Å². The summed E-state index contributed by atoms with van der Waals surface area (Å²) < 4.78 is 5.18. The van der Waals surface area contributed by atoms with E-state index >= 15 is 0 Å². The van der Waals surface area contributed by atoms with Crippen molar-refractivity contribution in [3.05, 3.63) is 59.7 Å². The summed E-state index contributed by atoms with van der Waals surface area (Å²) in [5.41, 5.74) is 7.66. The lowest BCUT2D eigenvalue weighted by molar-refractivity contribution is 0.0523. The van der Waals surface area contributed by atoms with Gasteiger partial charge in [0, 0.05) is 17.9 Å². The average molecular weight is 341 g/mol. The first-order valence-corrected chi connectivity index (χ1v) is 7.96. The molecule has 0 bridgehead atoms. The molecule has 0 unspecified atom stereocenters. The fraction of sp³-hybridized carbons (Fsp3) is 0.263. The molecule has 4 N–H and O–H groups in total. The van der Waals surface area contributed by atoms with Gasteiger partial charge in [0.1, 0.15) is 5.60 Å². The van der Waals surface area contributed by atoms with Crippen molar-refractivity contribution in [3.63, 3.8) is 0 Å². The number of carbonyl (C=O) groups excluding carboxylic acids is 2. The normalized spacial score (nSPS) is 10.8. The number of nitrogens with one attached hydrogen (secondary N) is 2. The van der Waals surface area contributed by atoms with Gasteiger partial charge in [-0.2, -0.15) is 0 Å². The molecule has 0 aromatic heterocycles. The number of hydrogen-bond donors (Lipinski definition) is 3. The third-order valence-corrected chi connectivity index (χ3v) is 3.25. The molecule has 0 atom stereocenters. The lowest BCUT2D eigenvalue weighted by Gasteiger charge is -2.19. The molecule has 2 aromatic rings. The first-order chi connectivity index (χ1) is 11.7. The molecule has 6 nitrogen and oxygen atoms in total. The van der Waals surface area contributed by atoms with Gasteiger partial charge in [-0.25, -0.2) is 4.79 Å². The molecular formula is C19H23N3O3. The third-order valence-electron chi connectivity index (χ3n) is 3.25. The van der Waals surface area contributed by atoms with E-state index in [2.05, 4.69) is 10.6 Å². The van der Waals surface area contributed by atoms with Gasteiger partial charge >= 0.3 is 6.09 Å². The third kappa shape index (κ3) is 5.84. The molecule has 2 rings (SSSR count). The molecular weight excluding hydrogens is 318 g/mol. The molecule has 2 amide bonds. The topological polar surface area (TPSA) is 93.5 Å². The van der Waals surface area contributed by atoms with Crippen LogP contribution in [-0.2, 0) is 11.3 Å². The number of alkyl carbamates (subject to hydrolysis) is 1. The maximum absolute atomic E-state index is 12.2. The number of rotatable bonds is 4. The smallest absolute Gasteiger partial charge is 0.407 e. The SMILES string of the molecule is CC(C)(C)OC(=O)NCc1ccc(NC(=O)c2ccccc2N)cc1. The fourth-order valence-corrected chi connectivity index (χ4v) is 2.10. The number of benzene rings is 2. The van der Waals surface area contributed by atoms with Gasteiger partial charge in [-0.15, -0.1) is 0 Å². The van der Waals surface area contributed by atoms with Crippen LogP contribution in [0.3, 0.4) is 0 Å². The molecule has 0 aliphatic heterocycles. The second kappa shape index (κ2) is 7.70. The maximum atomic E-state index is 12.2. The van der Waals surface area contributed by atoms with E-state index in [4.69, 9.17) is 10.5 Å². The summed E-state index contributed by atoms with van der Waals surface area (Å²) in [6.45, 7) is 5.77. The van der Waals surface area contributed by atoms with Crippen LogP contribution in [0, 0.1) is 0 Å². The van der Waals surface area contributed by atoms with Crippen molar-refractivity contribution in [1.29, 1.82) is 0 Å². The first kappa shape index (κ1) is 18.3. The number of anilines is 2. The lowest BCUT2D eigenvalue weighted by atomic mass is 10.1. The molecule has 0 fully saturated rings. The van der Waals surface area contributed by atoms with Crippen LogP contribution in [0.1, 0.15) is 36.7 Å². The Hall–Kier alpha value is -3.02. The van der Waals surface area contributed by atoms with E-state index < -0.39 is 11.7 Å². The Morgan fingerprint density at radius 2 is 1.68 bits per heavy atom. The predicted octanol–water partition coefficient (Wildman–Crippen LogP) is 3.55. The Balaban J connectivity index is 1.91. The van der Waals surface area contributed by atoms with Gasteiger partial charge in [0.2, 0.25) is 0 Å². The molecule has 2 aromatic carbocycles. The molecule has 25 heavy (non-hydrogen) atoms. The number of para-hydroxylation sites is 1. The van der Waals surface area contributed by atoms with E-state index in [-0.39, 0.29) is 5.91 Å². The highest BCUT2D eigenvalue weighted by Crippen LogP contribution is 2.15. The van der Waals surface area contributed by atoms with Crippen molar-refractivity contribution in [2.75, 3.05) is 11.1 Å². The summed E-state index contributed by atoms with van der Waals surface area (Å²) in [5, 5.41) is 5.48. The van der Waals surface area contributed by atoms with E-state index in [1.54, 1.807) is 36.4 Å². The van der Waals surface area contributed by atoms with Crippen molar-refractivity contribution >= 4 is 23.4 Å². The number of amides is 2. The van der Waals surface area contributed by atoms with E-state index in [9.17, 15) is 9.59 Å². The molecule has 0 saturated carbocycles. The minimum Gasteiger partial charge on any atom is -0.444 e. The highest BCUT2D eigenvalue weighted by molar-refractivity contribution is 6.07. The molecule has 6 heteroatoms. The summed E-state index contributed by atoms with van der Waals surface area (Å²) >= 11 is 0. The second-order valence-corrected chi connectivity index (χ2v) is 6.59. The maximum Gasteiger partial charge on any atom is 0.407 e. The van der Waals surface area contributed by atoms with Gasteiger partial charge in [-0.3, -0.25) is 4.79 Å². The molecule has 0 spiro atoms. The van der Waals surface area contributed by atoms with Crippen molar-refractivity contribution < 1.29 is 14.3 Å². The minimum atomic E-state index is -0.530. The van der Waals surface area contributed by atoms with Gasteiger partial charge in [0.05, 0.1) is 5.56 Å². The summed E-state index contributed by atoms with van der Waals surface area (Å²) in [5.74, 6) is -0.266. The number of ether oxygens (including phenoxy) is 1. The number of nitrogen functional groups attached to an aromatic ring is 1. The second-order valence-electron chi connectivity index (χ2n) is 6.59. The van der Waals surface area contributed by atoms with E-state index in [1.807, 2.05) is 32.9 Å². The Morgan fingerprint density at radius 3 is 2.28 bits per heavy atom. The largest absolute Gasteiger partial charge is 0.444 e. The van der Waals surface area contributed by atoms with Crippen LogP contribution in [0.2, 0.25) is 0 Å². The zero-order valence-corrected chi connectivity index (χ0v) is 14.6.